The highest BCUT2D eigenvalue weighted by Crippen LogP contribution is 2.20. The number of hydrogen-bond donors (Lipinski definition) is 2. The quantitative estimate of drug-likeness (QED) is 0.442. The fraction of sp³-hybridized carbons (Fsp3) is 0.0909. The van der Waals surface area contributed by atoms with E-state index in [0.717, 1.165) is 17.5 Å². The van der Waals surface area contributed by atoms with Gasteiger partial charge in [-0.25, -0.2) is 17.9 Å². The van der Waals surface area contributed by atoms with Crippen LogP contribution in [-0.2, 0) is 0 Å². The van der Waals surface area contributed by atoms with Gasteiger partial charge < -0.3 is 10.6 Å². The van der Waals surface area contributed by atoms with Gasteiger partial charge in [0, 0.05) is 17.1 Å². The minimum Gasteiger partial charge on any atom is -0.339 e. The Hall–Kier alpha value is -4.21. The summed E-state index contributed by atoms with van der Waals surface area (Å²) in [5.41, 5.74) is 2.24. The maximum Gasteiger partial charge on any atom is 0.258 e. The molecule has 0 aliphatic carbocycles. The molecule has 0 saturated carbocycles. The van der Waals surface area contributed by atoms with Crippen molar-refractivity contribution in [2.45, 2.75) is 13.8 Å². The molecule has 0 atom stereocenters. The lowest BCUT2D eigenvalue weighted by molar-refractivity contribution is 0.102. The lowest BCUT2D eigenvalue weighted by Crippen LogP contribution is -2.15. The number of nitrogens with zero attached hydrogens (tertiary/aromatic N) is 4. The van der Waals surface area contributed by atoms with E-state index < -0.39 is 28.9 Å². The Balaban J connectivity index is 1.42. The van der Waals surface area contributed by atoms with E-state index in [4.69, 9.17) is 0 Å². The molecule has 0 unspecified atom stereocenters. The average molecular weight is 438 g/mol. The molecule has 0 aliphatic heterocycles. The number of aryl methyl sites for hydroxylation is 2. The molecule has 0 fully saturated rings. The Morgan fingerprint density at radius 3 is 2.22 bits per heavy atom. The summed E-state index contributed by atoms with van der Waals surface area (Å²) in [5, 5.41) is 18.2. The van der Waals surface area contributed by atoms with E-state index in [1.165, 1.54) is 0 Å². The summed E-state index contributed by atoms with van der Waals surface area (Å²) < 4.78 is 41.8. The standard InChI is InChI=1S/C22H17F3N6O/c1-12-11-13(2)31(30-12)19-10-9-18(28-29-19)26-14-3-5-15(6-4-14)27-22(32)16-7-8-17(23)21(25)20(16)24/h3-11H,1-2H3,(H,26,28)(H,27,32). The molecule has 4 aromatic rings. The summed E-state index contributed by atoms with van der Waals surface area (Å²) in [6, 6.07) is 13.5. The predicted octanol–water partition coefficient (Wildman–Crippen LogP) is 4.69. The number of carbonyl (C=O) groups excluding carboxylic acids is 1. The van der Waals surface area contributed by atoms with Crippen LogP contribution in [0.4, 0.5) is 30.4 Å². The van der Waals surface area contributed by atoms with Crippen molar-refractivity contribution in [2.75, 3.05) is 10.6 Å². The Morgan fingerprint density at radius 2 is 1.59 bits per heavy atom. The number of aromatic nitrogens is 4. The van der Waals surface area contributed by atoms with Crippen molar-refractivity contribution in [2.24, 2.45) is 0 Å². The minimum atomic E-state index is -1.69. The first-order valence-corrected chi connectivity index (χ1v) is 9.51. The summed E-state index contributed by atoms with van der Waals surface area (Å²) >= 11 is 0. The van der Waals surface area contributed by atoms with Crippen molar-refractivity contribution >= 4 is 23.1 Å². The van der Waals surface area contributed by atoms with Crippen LogP contribution in [0.5, 0.6) is 0 Å². The summed E-state index contributed by atoms with van der Waals surface area (Å²) in [5.74, 6) is -4.40. The van der Waals surface area contributed by atoms with E-state index in [0.29, 0.717) is 29.1 Å². The molecule has 10 heteroatoms. The van der Waals surface area contributed by atoms with Gasteiger partial charge in [0.15, 0.2) is 29.1 Å². The van der Waals surface area contributed by atoms with Gasteiger partial charge in [0.2, 0.25) is 0 Å². The van der Waals surface area contributed by atoms with Crippen LogP contribution in [-0.4, -0.2) is 25.9 Å². The predicted molar refractivity (Wildman–Crippen MR) is 113 cm³/mol. The largest absolute Gasteiger partial charge is 0.339 e. The third-order valence-electron chi connectivity index (χ3n) is 4.57. The number of carbonyl (C=O) groups is 1. The molecule has 7 nitrogen and oxygen atoms in total. The highest BCUT2D eigenvalue weighted by atomic mass is 19.2. The molecule has 0 aliphatic rings. The zero-order valence-corrected chi connectivity index (χ0v) is 17.0. The van der Waals surface area contributed by atoms with Crippen LogP contribution in [0.1, 0.15) is 21.7 Å². The van der Waals surface area contributed by atoms with Crippen molar-refractivity contribution in [1.82, 2.24) is 20.0 Å². The SMILES string of the molecule is Cc1cc(C)n(-c2ccc(Nc3ccc(NC(=O)c4ccc(F)c(F)c4F)cc3)nn2)n1. The van der Waals surface area contributed by atoms with Crippen LogP contribution < -0.4 is 10.6 Å². The highest BCUT2D eigenvalue weighted by molar-refractivity contribution is 6.04. The van der Waals surface area contributed by atoms with E-state index in [2.05, 4.69) is 25.9 Å². The topological polar surface area (TPSA) is 84.7 Å². The molecule has 0 bridgehead atoms. The van der Waals surface area contributed by atoms with Gasteiger partial charge in [0.25, 0.3) is 5.91 Å². The van der Waals surface area contributed by atoms with Crippen molar-refractivity contribution in [1.29, 1.82) is 0 Å². The van der Waals surface area contributed by atoms with Gasteiger partial charge in [-0.2, -0.15) is 5.10 Å². The van der Waals surface area contributed by atoms with E-state index in [1.807, 2.05) is 19.9 Å². The van der Waals surface area contributed by atoms with E-state index in [1.54, 1.807) is 41.1 Å². The lowest BCUT2D eigenvalue weighted by Gasteiger charge is -2.09. The smallest absolute Gasteiger partial charge is 0.258 e. The normalized spacial score (nSPS) is 10.8. The van der Waals surface area contributed by atoms with Gasteiger partial charge >= 0.3 is 0 Å². The fourth-order valence-corrected chi connectivity index (χ4v) is 3.05. The molecular weight excluding hydrogens is 421 g/mol. The molecule has 2 heterocycles. The first-order chi connectivity index (χ1) is 15.3. The zero-order chi connectivity index (χ0) is 22.8. The third kappa shape index (κ3) is 4.29. The van der Waals surface area contributed by atoms with Gasteiger partial charge in [-0.15, -0.1) is 10.2 Å². The molecule has 4 rings (SSSR count). The van der Waals surface area contributed by atoms with E-state index >= 15 is 0 Å². The van der Waals surface area contributed by atoms with Gasteiger partial charge in [0.1, 0.15) is 0 Å². The third-order valence-corrected chi connectivity index (χ3v) is 4.57. The summed E-state index contributed by atoms with van der Waals surface area (Å²) in [4.78, 5) is 12.2. The van der Waals surface area contributed by atoms with Crippen molar-refractivity contribution in [3.05, 3.63) is 89.0 Å². The second kappa shape index (κ2) is 8.50. The van der Waals surface area contributed by atoms with Crippen LogP contribution in [0.25, 0.3) is 5.82 Å². The van der Waals surface area contributed by atoms with Crippen molar-refractivity contribution in [3.63, 3.8) is 0 Å². The van der Waals surface area contributed by atoms with E-state index in [9.17, 15) is 18.0 Å². The fourth-order valence-electron chi connectivity index (χ4n) is 3.05. The highest BCUT2D eigenvalue weighted by Gasteiger charge is 2.18. The molecule has 0 radical (unpaired) electrons. The number of anilines is 3. The van der Waals surface area contributed by atoms with Crippen LogP contribution in [0.15, 0.2) is 54.6 Å². The Bertz CT molecular complexity index is 1290. The second-order valence-corrected chi connectivity index (χ2v) is 7.00. The molecule has 162 valence electrons. The van der Waals surface area contributed by atoms with Crippen LogP contribution in [0.3, 0.4) is 0 Å². The van der Waals surface area contributed by atoms with Crippen LogP contribution in [0, 0.1) is 31.3 Å². The number of amides is 1. The van der Waals surface area contributed by atoms with Crippen LogP contribution in [0.2, 0.25) is 0 Å². The van der Waals surface area contributed by atoms with Crippen LogP contribution >= 0.6 is 0 Å². The summed E-state index contributed by atoms with van der Waals surface area (Å²) in [6.45, 7) is 3.82. The Morgan fingerprint density at radius 1 is 0.875 bits per heavy atom. The van der Waals surface area contributed by atoms with Gasteiger partial charge in [-0.05, 0) is 68.4 Å². The molecule has 0 spiro atoms. The number of rotatable bonds is 5. The number of hydrogen-bond acceptors (Lipinski definition) is 5. The van der Waals surface area contributed by atoms with E-state index in [-0.39, 0.29) is 0 Å². The maximum atomic E-state index is 13.8. The molecule has 32 heavy (non-hydrogen) atoms. The molecular formula is C22H17F3N6O. The van der Waals surface area contributed by atoms with Gasteiger partial charge in [-0.3, -0.25) is 4.79 Å². The lowest BCUT2D eigenvalue weighted by atomic mass is 10.1. The minimum absolute atomic E-state index is 0.343. The summed E-state index contributed by atoms with van der Waals surface area (Å²) in [6.07, 6.45) is 0. The van der Waals surface area contributed by atoms with Crippen molar-refractivity contribution < 1.29 is 18.0 Å². The molecule has 1 amide bonds. The molecule has 2 N–H and O–H groups in total. The monoisotopic (exact) mass is 438 g/mol. The Labute approximate surface area is 180 Å². The zero-order valence-electron chi connectivity index (χ0n) is 17.0. The Kier molecular flexibility index (Phi) is 5.59. The summed E-state index contributed by atoms with van der Waals surface area (Å²) in [7, 11) is 0. The first kappa shape index (κ1) is 21.0. The number of benzene rings is 2. The molecule has 2 aromatic carbocycles. The molecule has 2 aromatic heterocycles. The van der Waals surface area contributed by atoms with Gasteiger partial charge in [0.05, 0.1) is 11.3 Å². The second-order valence-electron chi connectivity index (χ2n) is 7.00. The first-order valence-electron chi connectivity index (χ1n) is 9.51. The van der Waals surface area contributed by atoms with Crippen molar-refractivity contribution in [3.8, 4) is 5.82 Å². The molecule has 0 saturated heterocycles. The number of nitrogens with one attached hydrogen (secondary N) is 2. The van der Waals surface area contributed by atoms with Gasteiger partial charge in [-0.1, -0.05) is 0 Å². The number of halogens is 3. The average Bonchev–Trinajstić information content (AvgIpc) is 3.12. The maximum absolute atomic E-state index is 13.8.